The minimum atomic E-state index is -0.742. The van der Waals surface area contributed by atoms with Crippen LogP contribution in [0.4, 0.5) is 11.8 Å². The van der Waals surface area contributed by atoms with Gasteiger partial charge in [0, 0.05) is 41.8 Å². The Kier molecular flexibility index (Phi) is 4.68. The fourth-order valence-electron chi connectivity index (χ4n) is 1.81. The average molecular weight is 278 g/mol. The lowest BCUT2D eigenvalue weighted by molar-refractivity contribution is 0.685. The van der Waals surface area contributed by atoms with E-state index in [1.165, 1.54) is 0 Å². The third-order valence-corrected chi connectivity index (χ3v) is 3.59. The third-order valence-electron chi connectivity index (χ3n) is 2.73. The summed E-state index contributed by atoms with van der Waals surface area (Å²) in [5.74, 6) is 2.12. The number of anilines is 2. The summed E-state index contributed by atoms with van der Waals surface area (Å²) in [7, 11) is 1.06. The van der Waals surface area contributed by atoms with Crippen molar-refractivity contribution in [2.24, 2.45) is 0 Å². The summed E-state index contributed by atoms with van der Waals surface area (Å²) in [6.07, 6.45) is 2.58. The van der Waals surface area contributed by atoms with Gasteiger partial charge in [0.2, 0.25) is 5.95 Å². The number of fused-ring (bicyclic) bond motifs is 1. The van der Waals surface area contributed by atoms with Crippen molar-refractivity contribution in [2.45, 2.75) is 6.42 Å². The Labute approximate surface area is 115 Å². The molecule has 5 nitrogen and oxygen atoms in total. The molecule has 102 valence electrons. The first-order valence-corrected chi connectivity index (χ1v) is 7.92. The molecule has 6 heteroatoms. The van der Waals surface area contributed by atoms with E-state index in [1.54, 1.807) is 13.3 Å². The zero-order valence-electron chi connectivity index (χ0n) is 11.1. The van der Waals surface area contributed by atoms with Gasteiger partial charge in [0.05, 0.1) is 5.52 Å². The molecule has 0 aliphatic carbocycles. The lowest BCUT2D eigenvalue weighted by atomic mass is 10.2. The zero-order valence-corrected chi connectivity index (χ0v) is 12.0. The predicted molar refractivity (Wildman–Crippen MR) is 81.1 cm³/mol. The van der Waals surface area contributed by atoms with Crippen molar-refractivity contribution in [1.29, 1.82) is 0 Å². The molecule has 0 aliphatic heterocycles. The van der Waals surface area contributed by atoms with Crippen molar-refractivity contribution in [3.63, 3.8) is 0 Å². The van der Waals surface area contributed by atoms with Gasteiger partial charge in [-0.05, 0) is 18.6 Å². The van der Waals surface area contributed by atoms with E-state index in [-0.39, 0.29) is 0 Å². The van der Waals surface area contributed by atoms with E-state index in [2.05, 4.69) is 20.6 Å². The van der Waals surface area contributed by atoms with E-state index in [1.807, 2.05) is 24.3 Å². The molecule has 0 aliphatic rings. The van der Waals surface area contributed by atoms with E-state index in [0.717, 1.165) is 29.7 Å². The topological polar surface area (TPSA) is 66.9 Å². The maximum absolute atomic E-state index is 11.0. The molecule has 0 saturated heterocycles. The standard InChI is InChI=1S/C13H18N4OS/c1-14-13-16-11-7-4-3-6-10(11)12(17-13)15-8-5-9-19(2)18/h3-4,6-7H,5,8-9H2,1-2H3,(H2,14,15,16,17). The summed E-state index contributed by atoms with van der Waals surface area (Å²) in [5, 5.41) is 7.25. The molecular formula is C13H18N4OS. The molecule has 0 fully saturated rings. The van der Waals surface area contributed by atoms with Crippen molar-refractivity contribution in [3.8, 4) is 0 Å². The summed E-state index contributed by atoms with van der Waals surface area (Å²) < 4.78 is 11.0. The summed E-state index contributed by atoms with van der Waals surface area (Å²) in [4.78, 5) is 8.83. The number of hydrogen-bond donors (Lipinski definition) is 2. The third kappa shape index (κ3) is 3.64. The van der Waals surface area contributed by atoms with E-state index in [0.29, 0.717) is 11.7 Å². The molecule has 1 aromatic heterocycles. The van der Waals surface area contributed by atoms with E-state index in [4.69, 9.17) is 0 Å². The summed E-state index contributed by atoms with van der Waals surface area (Å²) in [6.45, 7) is 0.754. The molecule has 1 atom stereocenters. The molecule has 0 spiro atoms. The second-order valence-corrected chi connectivity index (χ2v) is 5.78. The molecule has 19 heavy (non-hydrogen) atoms. The molecule has 0 amide bonds. The van der Waals surface area contributed by atoms with Crippen molar-refractivity contribution in [3.05, 3.63) is 24.3 Å². The van der Waals surface area contributed by atoms with Crippen molar-refractivity contribution >= 4 is 33.5 Å². The van der Waals surface area contributed by atoms with Crippen LogP contribution in [0.15, 0.2) is 24.3 Å². The molecule has 0 radical (unpaired) electrons. The molecule has 1 heterocycles. The predicted octanol–water partition coefficient (Wildman–Crippen LogP) is 1.85. The van der Waals surface area contributed by atoms with Crippen LogP contribution in [-0.2, 0) is 10.8 Å². The molecule has 0 saturated carbocycles. The fraction of sp³-hybridized carbons (Fsp3) is 0.385. The largest absolute Gasteiger partial charge is 0.369 e. The van der Waals surface area contributed by atoms with Crippen LogP contribution in [0.3, 0.4) is 0 Å². The number of aromatic nitrogens is 2. The molecule has 1 unspecified atom stereocenters. The van der Waals surface area contributed by atoms with Gasteiger partial charge in [-0.15, -0.1) is 0 Å². The smallest absolute Gasteiger partial charge is 0.224 e. The molecular weight excluding hydrogens is 260 g/mol. The molecule has 2 rings (SSSR count). The van der Waals surface area contributed by atoms with Gasteiger partial charge in [0.15, 0.2) is 0 Å². The highest BCUT2D eigenvalue weighted by atomic mass is 32.2. The van der Waals surface area contributed by atoms with Crippen LogP contribution >= 0.6 is 0 Å². The van der Waals surface area contributed by atoms with E-state index in [9.17, 15) is 4.21 Å². The van der Waals surface area contributed by atoms with Crippen LogP contribution in [-0.4, -0.2) is 39.8 Å². The highest BCUT2D eigenvalue weighted by Gasteiger charge is 2.05. The maximum atomic E-state index is 11.0. The van der Waals surface area contributed by atoms with Gasteiger partial charge in [-0.2, -0.15) is 4.98 Å². The first-order chi connectivity index (χ1) is 9.20. The SMILES string of the molecule is CNc1nc(NCCCS(C)=O)c2ccccc2n1. The van der Waals surface area contributed by atoms with Gasteiger partial charge in [0.25, 0.3) is 0 Å². The highest BCUT2D eigenvalue weighted by molar-refractivity contribution is 7.84. The lowest BCUT2D eigenvalue weighted by Crippen LogP contribution is -2.09. The Hall–Kier alpha value is -1.69. The average Bonchev–Trinajstić information content (AvgIpc) is 2.42. The van der Waals surface area contributed by atoms with Crippen LogP contribution in [0.25, 0.3) is 10.9 Å². The number of rotatable bonds is 6. The van der Waals surface area contributed by atoms with Crippen LogP contribution in [0, 0.1) is 0 Å². The monoisotopic (exact) mass is 278 g/mol. The molecule has 0 bridgehead atoms. The number of nitrogens with one attached hydrogen (secondary N) is 2. The number of benzene rings is 1. The van der Waals surface area contributed by atoms with Gasteiger partial charge >= 0.3 is 0 Å². The Bertz CT molecular complexity index is 588. The van der Waals surface area contributed by atoms with Crippen molar-refractivity contribution in [1.82, 2.24) is 9.97 Å². The van der Waals surface area contributed by atoms with Gasteiger partial charge < -0.3 is 10.6 Å². The summed E-state index contributed by atoms with van der Waals surface area (Å²) >= 11 is 0. The van der Waals surface area contributed by atoms with Crippen molar-refractivity contribution in [2.75, 3.05) is 36.2 Å². The van der Waals surface area contributed by atoms with E-state index >= 15 is 0 Å². The maximum Gasteiger partial charge on any atom is 0.224 e. The first-order valence-electron chi connectivity index (χ1n) is 6.19. The number of hydrogen-bond acceptors (Lipinski definition) is 5. The van der Waals surface area contributed by atoms with Crippen LogP contribution < -0.4 is 10.6 Å². The normalized spacial score (nSPS) is 12.3. The molecule has 1 aromatic carbocycles. The Morgan fingerprint density at radius 3 is 2.79 bits per heavy atom. The van der Waals surface area contributed by atoms with Gasteiger partial charge in [-0.3, -0.25) is 4.21 Å². The van der Waals surface area contributed by atoms with Crippen molar-refractivity contribution < 1.29 is 4.21 Å². The van der Waals surface area contributed by atoms with E-state index < -0.39 is 10.8 Å². The number of para-hydroxylation sites is 1. The quantitative estimate of drug-likeness (QED) is 0.789. The molecule has 2 aromatic rings. The van der Waals surface area contributed by atoms with Crippen LogP contribution in [0.1, 0.15) is 6.42 Å². The van der Waals surface area contributed by atoms with Gasteiger partial charge in [-0.25, -0.2) is 4.98 Å². The fourth-order valence-corrected chi connectivity index (χ4v) is 2.36. The minimum absolute atomic E-state index is 0.597. The first kappa shape index (κ1) is 13.7. The number of nitrogens with zero attached hydrogens (tertiary/aromatic N) is 2. The second kappa shape index (κ2) is 6.47. The minimum Gasteiger partial charge on any atom is -0.369 e. The Balaban J connectivity index is 2.18. The van der Waals surface area contributed by atoms with Gasteiger partial charge in [-0.1, -0.05) is 12.1 Å². The second-order valence-electron chi connectivity index (χ2n) is 4.22. The highest BCUT2D eigenvalue weighted by Crippen LogP contribution is 2.21. The Morgan fingerprint density at radius 2 is 2.05 bits per heavy atom. The summed E-state index contributed by atoms with van der Waals surface area (Å²) in [6, 6.07) is 7.88. The van der Waals surface area contributed by atoms with Crippen LogP contribution in [0.2, 0.25) is 0 Å². The summed E-state index contributed by atoms with van der Waals surface area (Å²) in [5.41, 5.74) is 0.906. The van der Waals surface area contributed by atoms with Crippen LogP contribution in [0.5, 0.6) is 0 Å². The van der Waals surface area contributed by atoms with Gasteiger partial charge in [0.1, 0.15) is 5.82 Å². The Morgan fingerprint density at radius 1 is 1.26 bits per heavy atom. The lowest BCUT2D eigenvalue weighted by Gasteiger charge is -2.10. The molecule has 2 N–H and O–H groups in total. The zero-order chi connectivity index (χ0) is 13.7.